The minimum atomic E-state index is -0.112. The van der Waals surface area contributed by atoms with Crippen molar-refractivity contribution in [1.29, 1.82) is 0 Å². The van der Waals surface area contributed by atoms with E-state index in [0.717, 1.165) is 8.95 Å². The van der Waals surface area contributed by atoms with E-state index in [2.05, 4.69) is 51.0 Å². The molecule has 0 spiro atoms. The van der Waals surface area contributed by atoms with E-state index in [1.165, 1.54) is 12.8 Å². The lowest BCUT2D eigenvalue weighted by molar-refractivity contribution is 0.0902. The van der Waals surface area contributed by atoms with Gasteiger partial charge in [0.05, 0.1) is 5.56 Å². The van der Waals surface area contributed by atoms with Crippen molar-refractivity contribution in [2.75, 3.05) is 0 Å². The zero-order valence-electron chi connectivity index (χ0n) is 9.89. The molecule has 92 valence electrons. The number of hydrogen-bond donors (Lipinski definition) is 1. The summed E-state index contributed by atoms with van der Waals surface area (Å²) in [7, 11) is 0. The highest BCUT2D eigenvalue weighted by atomic mass is 79.9. The summed E-state index contributed by atoms with van der Waals surface area (Å²) in [6, 6.07) is 5.62. The third-order valence-electron chi connectivity index (χ3n) is 3.21. The van der Waals surface area contributed by atoms with Crippen molar-refractivity contribution in [2.45, 2.75) is 32.2 Å². The summed E-state index contributed by atoms with van der Waals surface area (Å²) in [5.74, 6) is 0.604. The van der Waals surface area contributed by atoms with Crippen LogP contribution >= 0.6 is 31.9 Å². The van der Waals surface area contributed by atoms with Gasteiger partial charge in [0.15, 0.2) is 0 Å². The molecule has 1 saturated carbocycles. The number of amides is 1. The fourth-order valence-electron chi connectivity index (χ4n) is 1.94. The van der Waals surface area contributed by atoms with Crippen LogP contribution in [-0.4, -0.2) is 11.4 Å². The quantitative estimate of drug-likeness (QED) is 0.862. The van der Waals surface area contributed by atoms with Gasteiger partial charge in [-0.1, -0.05) is 15.9 Å². The molecule has 0 atom stereocenters. The van der Waals surface area contributed by atoms with Crippen molar-refractivity contribution < 1.29 is 4.79 Å². The van der Waals surface area contributed by atoms with E-state index in [-0.39, 0.29) is 11.4 Å². The first kappa shape index (κ1) is 13.1. The molecule has 4 heteroatoms. The summed E-state index contributed by atoms with van der Waals surface area (Å²) >= 11 is 6.79. The zero-order chi connectivity index (χ0) is 12.6. The lowest BCUT2D eigenvalue weighted by atomic mass is 9.98. The maximum absolute atomic E-state index is 12.2. The average Bonchev–Trinajstić information content (AvgIpc) is 3.04. The molecule has 0 radical (unpaired) electrons. The minimum absolute atomic E-state index is 0.0184. The van der Waals surface area contributed by atoms with E-state index in [4.69, 9.17) is 0 Å². The summed E-state index contributed by atoms with van der Waals surface area (Å²) in [5.41, 5.74) is 0.562. The molecule has 0 bridgehead atoms. The predicted molar refractivity (Wildman–Crippen MR) is 76.1 cm³/mol. The van der Waals surface area contributed by atoms with Crippen molar-refractivity contribution in [3.05, 3.63) is 32.7 Å². The summed E-state index contributed by atoms with van der Waals surface area (Å²) in [6.07, 6.45) is 2.43. The van der Waals surface area contributed by atoms with Gasteiger partial charge in [-0.2, -0.15) is 0 Å². The van der Waals surface area contributed by atoms with Crippen LogP contribution in [0.25, 0.3) is 0 Å². The van der Waals surface area contributed by atoms with Crippen molar-refractivity contribution in [3.63, 3.8) is 0 Å². The Labute approximate surface area is 118 Å². The van der Waals surface area contributed by atoms with E-state index in [9.17, 15) is 4.79 Å². The van der Waals surface area contributed by atoms with Crippen LogP contribution in [-0.2, 0) is 0 Å². The Balaban J connectivity index is 2.16. The molecule has 0 aromatic heterocycles. The zero-order valence-corrected chi connectivity index (χ0v) is 13.1. The second-order valence-corrected chi connectivity index (χ2v) is 6.84. The maximum Gasteiger partial charge on any atom is 0.252 e. The van der Waals surface area contributed by atoms with Crippen molar-refractivity contribution in [2.24, 2.45) is 5.92 Å². The van der Waals surface area contributed by atoms with Crippen molar-refractivity contribution in [3.8, 4) is 0 Å². The predicted octanol–water partition coefficient (Wildman–Crippen LogP) is 4.13. The van der Waals surface area contributed by atoms with Crippen LogP contribution in [0.1, 0.15) is 37.0 Å². The molecule has 1 fully saturated rings. The molecule has 1 aromatic carbocycles. The third-order valence-corrected chi connectivity index (χ3v) is 4.39. The Morgan fingerprint density at radius 3 is 2.59 bits per heavy atom. The number of carbonyl (C=O) groups excluding carboxylic acids is 1. The van der Waals surface area contributed by atoms with Gasteiger partial charge in [-0.3, -0.25) is 4.79 Å². The molecule has 0 heterocycles. The van der Waals surface area contributed by atoms with Gasteiger partial charge in [-0.25, -0.2) is 0 Å². The number of halogens is 2. The summed E-state index contributed by atoms with van der Waals surface area (Å²) in [4.78, 5) is 12.2. The van der Waals surface area contributed by atoms with E-state index in [1.807, 2.05) is 18.2 Å². The summed E-state index contributed by atoms with van der Waals surface area (Å²) < 4.78 is 1.74. The van der Waals surface area contributed by atoms with Gasteiger partial charge < -0.3 is 5.32 Å². The number of rotatable bonds is 3. The Kier molecular flexibility index (Phi) is 3.64. The SMILES string of the molecule is CC(C)(NC(=O)c1cc(Br)ccc1Br)C1CC1. The van der Waals surface area contributed by atoms with Crippen molar-refractivity contribution >= 4 is 37.8 Å². The summed E-state index contributed by atoms with van der Waals surface area (Å²) in [6.45, 7) is 4.18. The fraction of sp³-hybridized carbons (Fsp3) is 0.462. The standard InChI is InChI=1S/C13H15Br2NO/c1-13(2,8-3-4-8)16-12(17)10-7-9(14)5-6-11(10)15/h5-8H,3-4H2,1-2H3,(H,16,17). The van der Waals surface area contributed by atoms with Crippen molar-refractivity contribution in [1.82, 2.24) is 5.32 Å². The van der Waals surface area contributed by atoms with Gasteiger partial charge in [-0.15, -0.1) is 0 Å². The molecule has 0 saturated heterocycles. The maximum atomic E-state index is 12.2. The molecular weight excluding hydrogens is 346 g/mol. The lowest BCUT2D eigenvalue weighted by Crippen LogP contribution is -2.45. The molecule has 0 aliphatic heterocycles. The normalized spacial score (nSPS) is 15.8. The topological polar surface area (TPSA) is 29.1 Å². The first-order chi connectivity index (χ1) is 7.90. The molecule has 1 amide bonds. The highest BCUT2D eigenvalue weighted by Crippen LogP contribution is 2.39. The average molecular weight is 361 g/mol. The van der Waals surface area contributed by atoms with E-state index < -0.39 is 0 Å². The Morgan fingerprint density at radius 2 is 2.00 bits per heavy atom. The van der Waals surface area contributed by atoms with Gasteiger partial charge in [0.2, 0.25) is 0 Å². The minimum Gasteiger partial charge on any atom is -0.347 e. The van der Waals surface area contributed by atoms with Crippen LogP contribution < -0.4 is 5.32 Å². The molecular formula is C13H15Br2NO. The number of nitrogens with one attached hydrogen (secondary N) is 1. The second-order valence-electron chi connectivity index (χ2n) is 5.07. The molecule has 2 nitrogen and oxygen atoms in total. The Bertz CT molecular complexity index is 453. The van der Waals surface area contributed by atoms with E-state index >= 15 is 0 Å². The van der Waals surface area contributed by atoms with E-state index in [1.54, 1.807) is 0 Å². The first-order valence-electron chi connectivity index (χ1n) is 5.68. The molecule has 1 aromatic rings. The highest BCUT2D eigenvalue weighted by Gasteiger charge is 2.39. The van der Waals surface area contributed by atoms with Gasteiger partial charge >= 0.3 is 0 Å². The molecule has 17 heavy (non-hydrogen) atoms. The second kappa shape index (κ2) is 4.73. The van der Waals surface area contributed by atoms with Crippen LogP contribution in [0.3, 0.4) is 0 Å². The van der Waals surface area contributed by atoms with Gasteiger partial charge in [0.1, 0.15) is 0 Å². The van der Waals surface area contributed by atoms with Gasteiger partial charge in [-0.05, 0) is 66.7 Å². The van der Waals surface area contributed by atoms with E-state index in [0.29, 0.717) is 11.5 Å². The lowest BCUT2D eigenvalue weighted by Gasteiger charge is -2.26. The number of carbonyl (C=O) groups is 1. The first-order valence-corrected chi connectivity index (χ1v) is 7.26. The Morgan fingerprint density at radius 1 is 1.35 bits per heavy atom. The third kappa shape index (κ3) is 3.10. The molecule has 1 aliphatic carbocycles. The van der Waals surface area contributed by atoms with Crippen LogP contribution in [0.2, 0.25) is 0 Å². The molecule has 0 unspecified atom stereocenters. The van der Waals surface area contributed by atoms with Gasteiger partial charge in [0.25, 0.3) is 5.91 Å². The Hall–Kier alpha value is -0.350. The number of benzene rings is 1. The summed E-state index contributed by atoms with van der Waals surface area (Å²) in [5, 5.41) is 3.11. The van der Waals surface area contributed by atoms with Crippen LogP contribution in [0.4, 0.5) is 0 Å². The molecule has 2 rings (SSSR count). The largest absolute Gasteiger partial charge is 0.347 e. The van der Waals surface area contributed by atoms with Crippen LogP contribution in [0.15, 0.2) is 27.1 Å². The highest BCUT2D eigenvalue weighted by molar-refractivity contribution is 9.11. The smallest absolute Gasteiger partial charge is 0.252 e. The fourth-order valence-corrected chi connectivity index (χ4v) is 2.73. The molecule has 1 aliphatic rings. The number of hydrogen-bond acceptors (Lipinski definition) is 1. The monoisotopic (exact) mass is 359 g/mol. The molecule has 1 N–H and O–H groups in total. The van der Waals surface area contributed by atoms with Crippen LogP contribution in [0.5, 0.6) is 0 Å². The van der Waals surface area contributed by atoms with Gasteiger partial charge in [0, 0.05) is 14.5 Å². The van der Waals surface area contributed by atoms with Crippen LogP contribution in [0, 0.1) is 5.92 Å².